The van der Waals surface area contributed by atoms with Gasteiger partial charge in [0.25, 0.3) is 0 Å². The van der Waals surface area contributed by atoms with Crippen LogP contribution in [0, 0.1) is 5.92 Å². The molecule has 0 spiro atoms. The summed E-state index contributed by atoms with van der Waals surface area (Å²) in [5.74, 6) is 0.727. The summed E-state index contributed by atoms with van der Waals surface area (Å²) in [5.41, 5.74) is 0. The number of carbonyl (C=O) groups is 1. The van der Waals surface area contributed by atoms with Crippen LogP contribution in [0.25, 0.3) is 0 Å². The maximum Gasteiger partial charge on any atom is 0.224 e. The summed E-state index contributed by atoms with van der Waals surface area (Å²) in [4.78, 5) is 11.8. The third-order valence-electron chi connectivity index (χ3n) is 2.94. The first-order valence-corrected chi connectivity index (χ1v) is 7.60. The van der Waals surface area contributed by atoms with Crippen molar-refractivity contribution in [2.45, 2.75) is 38.4 Å². The summed E-state index contributed by atoms with van der Waals surface area (Å²) in [5, 5.41) is 6.10. The molecule has 1 heterocycles. The number of hydrogen-bond donors (Lipinski definition) is 2. The summed E-state index contributed by atoms with van der Waals surface area (Å²) < 4.78 is 11.6. The molecule has 2 N–H and O–H groups in total. The standard InChI is InChI=1S/C12H24N2O2S/c1-12(2,3)17(16)8-7-14-11(15)10-5-4-6-13-9-10/h10,13H,4-9H2,1-3H3,(H,14,15). The Morgan fingerprint density at radius 1 is 1.47 bits per heavy atom. The van der Waals surface area contributed by atoms with Crippen molar-refractivity contribution in [3.63, 3.8) is 0 Å². The smallest absolute Gasteiger partial charge is 0.224 e. The molecule has 0 bridgehead atoms. The summed E-state index contributed by atoms with van der Waals surface area (Å²) >= 11 is 0. The van der Waals surface area contributed by atoms with Gasteiger partial charge in [-0.3, -0.25) is 9.00 Å². The van der Waals surface area contributed by atoms with Crippen LogP contribution in [0.1, 0.15) is 33.6 Å². The fourth-order valence-corrected chi connectivity index (χ4v) is 2.69. The number of rotatable bonds is 4. The van der Waals surface area contributed by atoms with Gasteiger partial charge in [0, 0.05) is 34.4 Å². The second kappa shape index (κ2) is 6.50. The first-order chi connectivity index (χ1) is 7.91. The molecule has 5 heteroatoms. The zero-order valence-electron chi connectivity index (χ0n) is 11.0. The van der Waals surface area contributed by atoms with E-state index in [0.29, 0.717) is 12.3 Å². The van der Waals surface area contributed by atoms with Gasteiger partial charge in [0.05, 0.1) is 5.92 Å². The van der Waals surface area contributed by atoms with Crippen molar-refractivity contribution >= 4 is 16.7 Å². The van der Waals surface area contributed by atoms with Crippen LogP contribution in [0.2, 0.25) is 0 Å². The van der Waals surface area contributed by atoms with Crippen molar-refractivity contribution < 1.29 is 9.00 Å². The molecule has 2 unspecified atom stereocenters. The highest BCUT2D eigenvalue weighted by Gasteiger charge is 2.22. The average Bonchev–Trinajstić information content (AvgIpc) is 2.28. The highest BCUT2D eigenvalue weighted by molar-refractivity contribution is 7.86. The average molecular weight is 260 g/mol. The van der Waals surface area contributed by atoms with Crippen molar-refractivity contribution in [3.05, 3.63) is 0 Å². The van der Waals surface area contributed by atoms with Crippen molar-refractivity contribution in [1.29, 1.82) is 0 Å². The number of hydrogen-bond acceptors (Lipinski definition) is 3. The molecule has 17 heavy (non-hydrogen) atoms. The van der Waals surface area contributed by atoms with E-state index in [1.165, 1.54) is 0 Å². The van der Waals surface area contributed by atoms with E-state index in [0.717, 1.165) is 25.9 Å². The molecule has 1 aliphatic rings. The molecule has 0 aromatic carbocycles. The van der Waals surface area contributed by atoms with Crippen LogP contribution in [0.4, 0.5) is 0 Å². The zero-order chi connectivity index (χ0) is 12.9. The third-order valence-corrected chi connectivity index (χ3v) is 4.88. The molecule has 0 aromatic rings. The van der Waals surface area contributed by atoms with E-state index in [2.05, 4.69) is 10.6 Å². The molecule has 1 amide bonds. The van der Waals surface area contributed by atoms with E-state index in [1.807, 2.05) is 20.8 Å². The van der Waals surface area contributed by atoms with Crippen LogP contribution >= 0.6 is 0 Å². The van der Waals surface area contributed by atoms with E-state index < -0.39 is 10.8 Å². The van der Waals surface area contributed by atoms with Crippen LogP contribution in [0.15, 0.2) is 0 Å². The zero-order valence-corrected chi connectivity index (χ0v) is 11.9. The minimum Gasteiger partial charge on any atom is -0.355 e. The van der Waals surface area contributed by atoms with Crippen molar-refractivity contribution in [2.75, 3.05) is 25.4 Å². The van der Waals surface area contributed by atoms with Crippen LogP contribution in [0.3, 0.4) is 0 Å². The first-order valence-electron chi connectivity index (χ1n) is 6.28. The largest absolute Gasteiger partial charge is 0.355 e. The first kappa shape index (κ1) is 14.6. The Bertz CT molecular complexity index is 281. The minimum absolute atomic E-state index is 0.0897. The molecule has 1 aliphatic heterocycles. The van der Waals surface area contributed by atoms with Gasteiger partial charge in [0.2, 0.25) is 5.91 Å². The van der Waals surface area contributed by atoms with Gasteiger partial charge in [-0.2, -0.15) is 0 Å². The van der Waals surface area contributed by atoms with Gasteiger partial charge in [0.1, 0.15) is 0 Å². The van der Waals surface area contributed by atoms with E-state index in [9.17, 15) is 9.00 Å². The van der Waals surface area contributed by atoms with Gasteiger partial charge in [-0.1, -0.05) is 0 Å². The lowest BCUT2D eigenvalue weighted by Crippen LogP contribution is -2.42. The van der Waals surface area contributed by atoms with Crippen LogP contribution < -0.4 is 10.6 Å². The van der Waals surface area contributed by atoms with E-state index in [4.69, 9.17) is 0 Å². The molecule has 0 saturated carbocycles. The molecule has 0 aromatic heterocycles. The number of piperidine rings is 1. The molecule has 1 fully saturated rings. The van der Waals surface area contributed by atoms with Gasteiger partial charge < -0.3 is 10.6 Å². The Morgan fingerprint density at radius 3 is 2.71 bits per heavy atom. The van der Waals surface area contributed by atoms with Crippen LogP contribution in [-0.4, -0.2) is 40.3 Å². The van der Waals surface area contributed by atoms with Gasteiger partial charge in [0.15, 0.2) is 0 Å². The van der Waals surface area contributed by atoms with E-state index in [-0.39, 0.29) is 16.6 Å². The number of amides is 1. The molecular formula is C12H24N2O2S. The fraction of sp³-hybridized carbons (Fsp3) is 0.917. The molecule has 0 aliphatic carbocycles. The van der Waals surface area contributed by atoms with E-state index >= 15 is 0 Å². The van der Waals surface area contributed by atoms with Crippen molar-refractivity contribution in [3.8, 4) is 0 Å². The fourth-order valence-electron chi connectivity index (χ4n) is 1.79. The van der Waals surface area contributed by atoms with E-state index in [1.54, 1.807) is 0 Å². The minimum atomic E-state index is -0.889. The molecule has 1 saturated heterocycles. The van der Waals surface area contributed by atoms with Crippen molar-refractivity contribution in [2.24, 2.45) is 5.92 Å². The molecule has 100 valence electrons. The summed E-state index contributed by atoms with van der Waals surface area (Å²) in [6.45, 7) is 8.16. The summed E-state index contributed by atoms with van der Waals surface area (Å²) in [7, 11) is -0.889. The quantitative estimate of drug-likeness (QED) is 0.780. The predicted molar refractivity (Wildman–Crippen MR) is 71.4 cm³/mol. The maximum atomic E-state index is 11.8. The summed E-state index contributed by atoms with van der Waals surface area (Å²) in [6, 6.07) is 0. The van der Waals surface area contributed by atoms with Crippen LogP contribution in [-0.2, 0) is 15.6 Å². The lowest BCUT2D eigenvalue weighted by atomic mass is 9.99. The Kier molecular flexibility index (Phi) is 5.59. The molecular weight excluding hydrogens is 236 g/mol. The monoisotopic (exact) mass is 260 g/mol. The highest BCUT2D eigenvalue weighted by Crippen LogP contribution is 2.11. The molecule has 4 nitrogen and oxygen atoms in total. The Balaban J connectivity index is 2.22. The molecule has 1 rings (SSSR count). The number of nitrogens with one attached hydrogen (secondary N) is 2. The van der Waals surface area contributed by atoms with Gasteiger partial charge in [-0.25, -0.2) is 0 Å². The third kappa shape index (κ3) is 5.17. The molecule has 0 radical (unpaired) electrons. The van der Waals surface area contributed by atoms with Gasteiger partial charge in [-0.05, 0) is 40.2 Å². The second-order valence-corrected chi connectivity index (χ2v) is 7.82. The summed E-state index contributed by atoms with van der Waals surface area (Å²) in [6.07, 6.45) is 2.02. The van der Waals surface area contributed by atoms with Crippen LogP contribution in [0.5, 0.6) is 0 Å². The maximum absolute atomic E-state index is 11.8. The number of carbonyl (C=O) groups excluding carboxylic acids is 1. The predicted octanol–water partition coefficient (Wildman–Crippen LogP) is 0.649. The van der Waals surface area contributed by atoms with Gasteiger partial charge >= 0.3 is 0 Å². The highest BCUT2D eigenvalue weighted by atomic mass is 32.2. The van der Waals surface area contributed by atoms with Gasteiger partial charge in [-0.15, -0.1) is 0 Å². The normalized spacial score (nSPS) is 23.1. The Morgan fingerprint density at radius 2 is 2.18 bits per heavy atom. The Labute approximate surface area is 106 Å². The SMILES string of the molecule is CC(C)(C)S(=O)CCNC(=O)C1CCCNC1. The lowest BCUT2D eigenvalue weighted by Gasteiger charge is -2.22. The van der Waals surface area contributed by atoms with Crippen molar-refractivity contribution in [1.82, 2.24) is 10.6 Å². The Hall–Kier alpha value is -0.420. The second-order valence-electron chi connectivity index (χ2n) is 5.50. The molecule has 2 atom stereocenters. The lowest BCUT2D eigenvalue weighted by molar-refractivity contribution is -0.125. The topological polar surface area (TPSA) is 58.2 Å².